The quantitative estimate of drug-likeness (QED) is 0.605. The monoisotopic (exact) mass is 237 g/mol. The van der Waals surface area contributed by atoms with Crippen LogP contribution in [0.3, 0.4) is 0 Å². The van der Waals surface area contributed by atoms with Gasteiger partial charge in [0.25, 0.3) is 0 Å². The molecule has 0 heterocycles. The van der Waals surface area contributed by atoms with E-state index in [9.17, 15) is 9.59 Å². The molecule has 1 aromatic rings. The summed E-state index contributed by atoms with van der Waals surface area (Å²) in [5.74, 6) is -0.386. The van der Waals surface area contributed by atoms with Gasteiger partial charge in [-0.3, -0.25) is 4.79 Å². The first kappa shape index (κ1) is 13.0. The molecule has 0 saturated carbocycles. The molecule has 3 amide bonds. The van der Waals surface area contributed by atoms with Gasteiger partial charge in [-0.15, -0.1) is 0 Å². The first-order valence-electron chi connectivity index (χ1n) is 4.99. The molecule has 0 aliphatic rings. The Bertz CT molecular complexity index is 403. The maximum atomic E-state index is 11.7. The third kappa shape index (κ3) is 3.46. The van der Waals surface area contributed by atoms with Gasteiger partial charge in [0.05, 0.1) is 5.69 Å². The summed E-state index contributed by atoms with van der Waals surface area (Å²) in [5, 5.41) is 2.44. The van der Waals surface area contributed by atoms with Gasteiger partial charge in [-0.1, -0.05) is 0 Å². The number of nitrogens with one attached hydrogen (secondary N) is 1. The van der Waals surface area contributed by atoms with Crippen LogP contribution >= 0.6 is 0 Å². The number of rotatable bonds is 3. The highest BCUT2D eigenvalue weighted by molar-refractivity contribution is 6.13. The van der Waals surface area contributed by atoms with Crippen molar-refractivity contribution in [3.05, 3.63) is 24.3 Å². The number of nitrogens with zero attached hydrogens (tertiary/aromatic N) is 1. The van der Waals surface area contributed by atoms with E-state index in [0.717, 1.165) is 4.90 Å². The lowest BCUT2D eigenvalue weighted by atomic mass is 10.2. The van der Waals surface area contributed by atoms with Crippen LogP contribution in [0.2, 0.25) is 0 Å². The van der Waals surface area contributed by atoms with Gasteiger partial charge in [-0.05, 0) is 24.3 Å². The number of benzene rings is 1. The Hall–Kier alpha value is -2.08. The highest BCUT2D eigenvalue weighted by Crippen LogP contribution is 2.16. The second-order valence-electron chi connectivity index (χ2n) is 3.36. The van der Waals surface area contributed by atoms with E-state index in [1.54, 1.807) is 24.3 Å². The van der Waals surface area contributed by atoms with E-state index in [0.29, 0.717) is 11.4 Å². The van der Waals surface area contributed by atoms with Gasteiger partial charge >= 0.3 is 6.03 Å². The Morgan fingerprint density at radius 1 is 1.35 bits per heavy atom. The lowest BCUT2D eigenvalue weighted by molar-refractivity contribution is -0.115. The zero-order chi connectivity index (χ0) is 12.8. The molecule has 6 nitrogen and oxygen atoms in total. The first-order valence-corrected chi connectivity index (χ1v) is 4.99. The number of anilines is 2. The molecule has 0 radical (unpaired) electrons. The number of carbonyl (C=O) groups excluding carboxylic acids is 2. The van der Waals surface area contributed by atoms with Crippen LogP contribution in [0.15, 0.2) is 24.3 Å². The third-order valence-electron chi connectivity index (χ3n) is 2.04. The molecule has 0 fully saturated rings. The zero-order valence-corrected chi connectivity index (χ0v) is 9.77. The summed E-state index contributed by atoms with van der Waals surface area (Å²) in [7, 11) is 1.45. The van der Waals surface area contributed by atoms with Gasteiger partial charge in [0.1, 0.15) is 6.73 Å². The summed E-state index contributed by atoms with van der Waals surface area (Å²) in [6.45, 7) is 1.35. The largest absolute Gasteiger partial charge is 0.399 e. The van der Waals surface area contributed by atoms with Crippen molar-refractivity contribution < 1.29 is 14.3 Å². The summed E-state index contributed by atoms with van der Waals surface area (Å²) in [5.41, 5.74) is 6.56. The molecule has 1 rings (SSSR count). The smallest absolute Gasteiger partial charge is 0.330 e. The number of methoxy groups -OCH3 is 1. The molecule has 0 saturated heterocycles. The molecule has 0 unspecified atom stereocenters. The van der Waals surface area contributed by atoms with Crippen molar-refractivity contribution in [1.29, 1.82) is 0 Å². The number of nitrogens with two attached hydrogens (primary N) is 1. The van der Waals surface area contributed by atoms with Crippen LogP contribution in [0.4, 0.5) is 16.2 Å². The number of carbonyl (C=O) groups is 2. The van der Waals surface area contributed by atoms with E-state index in [-0.39, 0.29) is 12.6 Å². The van der Waals surface area contributed by atoms with Crippen LogP contribution in [0, 0.1) is 0 Å². The van der Waals surface area contributed by atoms with E-state index in [4.69, 9.17) is 10.5 Å². The number of hydrogen-bond donors (Lipinski definition) is 2. The van der Waals surface area contributed by atoms with Gasteiger partial charge in [-0.25, -0.2) is 9.69 Å². The van der Waals surface area contributed by atoms with Crippen LogP contribution < -0.4 is 16.0 Å². The van der Waals surface area contributed by atoms with E-state index in [2.05, 4.69) is 5.32 Å². The number of nitrogen functional groups attached to an aromatic ring is 1. The summed E-state index contributed by atoms with van der Waals surface area (Å²) in [6.07, 6.45) is 0. The number of hydrogen-bond acceptors (Lipinski definition) is 4. The minimum Gasteiger partial charge on any atom is -0.399 e. The maximum absolute atomic E-state index is 11.7. The van der Waals surface area contributed by atoms with E-state index >= 15 is 0 Å². The molecule has 0 aliphatic heterocycles. The molecule has 0 spiro atoms. The molecule has 0 aromatic heterocycles. The lowest BCUT2D eigenvalue weighted by Gasteiger charge is -2.19. The predicted octanol–water partition coefficient (Wildman–Crippen LogP) is 0.935. The van der Waals surface area contributed by atoms with Crippen LogP contribution in [-0.4, -0.2) is 25.8 Å². The van der Waals surface area contributed by atoms with Crippen LogP contribution in [-0.2, 0) is 9.53 Å². The number of ether oxygens (including phenoxy) is 1. The van der Waals surface area contributed by atoms with E-state index < -0.39 is 6.03 Å². The standard InChI is InChI=1S/C11H15N3O3/c1-8(15)14(11(16)13-7-17-2)10-5-3-9(12)4-6-10/h3-6H,7,12H2,1-2H3,(H,13,16). The van der Waals surface area contributed by atoms with Gasteiger partial charge in [-0.2, -0.15) is 0 Å². The average Bonchev–Trinajstić information content (AvgIpc) is 2.29. The SMILES string of the molecule is COCNC(=O)N(C(C)=O)c1ccc(N)cc1. The minimum absolute atomic E-state index is 0.0393. The molecule has 92 valence electrons. The summed E-state index contributed by atoms with van der Waals surface area (Å²) >= 11 is 0. The van der Waals surface area contributed by atoms with Crippen LogP contribution in [0.1, 0.15) is 6.92 Å². The van der Waals surface area contributed by atoms with Gasteiger partial charge in [0.2, 0.25) is 5.91 Å². The topological polar surface area (TPSA) is 84.7 Å². The molecule has 1 aromatic carbocycles. The Kier molecular flexibility index (Phi) is 4.47. The molecule has 0 bridgehead atoms. The molecule has 3 N–H and O–H groups in total. The second-order valence-corrected chi connectivity index (χ2v) is 3.36. The molecular formula is C11H15N3O3. The van der Waals surface area contributed by atoms with Crippen molar-refractivity contribution >= 4 is 23.3 Å². The van der Waals surface area contributed by atoms with Gasteiger partial charge < -0.3 is 15.8 Å². The van der Waals surface area contributed by atoms with Crippen molar-refractivity contribution in [3.63, 3.8) is 0 Å². The van der Waals surface area contributed by atoms with Crippen molar-refractivity contribution in [1.82, 2.24) is 5.32 Å². The zero-order valence-electron chi connectivity index (χ0n) is 9.77. The normalized spacial score (nSPS) is 9.76. The highest BCUT2D eigenvalue weighted by Gasteiger charge is 2.19. The maximum Gasteiger partial charge on any atom is 0.330 e. The fraction of sp³-hybridized carbons (Fsp3) is 0.273. The van der Waals surface area contributed by atoms with Crippen molar-refractivity contribution in [2.45, 2.75) is 6.92 Å². The van der Waals surface area contributed by atoms with E-state index in [1.165, 1.54) is 14.0 Å². The van der Waals surface area contributed by atoms with Gasteiger partial charge in [0, 0.05) is 19.7 Å². The average molecular weight is 237 g/mol. The van der Waals surface area contributed by atoms with Crippen molar-refractivity contribution in [3.8, 4) is 0 Å². The Balaban J connectivity index is 2.89. The van der Waals surface area contributed by atoms with Crippen molar-refractivity contribution in [2.75, 3.05) is 24.5 Å². The van der Waals surface area contributed by atoms with E-state index in [1.807, 2.05) is 0 Å². The minimum atomic E-state index is -0.538. The Morgan fingerprint density at radius 2 is 1.94 bits per heavy atom. The molecule has 6 heteroatoms. The molecular weight excluding hydrogens is 222 g/mol. The summed E-state index contributed by atoms with van der Waals surface area (Å²) < 4.78 is 4.71. The number of imide groups is 1. The van der Waals surface area contributed by atoms with Crippen molar-refractivity contribution in [2.24, 2.45) is 0 Å². The molecule has 17 heavy (non-hydrogen) atoms. The third-order valence-corrected chi connectivity index (χ3v) is 2.04. The predicted molar refractivity (Wildman–Crippen MR) is 64.4 cm³/mol. The lowest BCUT2D eigenvalue weighted by Crippen LogP contribution is -2.43. The summed E-state index contributed by atoms with van der Waals surface area (Å²) in [6, 6.07) is 5.90. The number of amides is 3. The molecule has 0 atom stereocenters. The fourth-order valence-electron chi connectivity index (χ4n) is 1.28. The number of urea groups is 1. The van der Waals surface area contributed by atoms with Gasteiger partial charge in [0.15, 0.2) is 0 Å². The summed E-state index contributed by atoms with van der Waals surface area (Å²) in [4.78, 5) is 24.2. The fourth-order valence-corrected chi connectivity index (χ4v) is 1.28. The van der Waals surface area contributed by atoms with Crippen LogP contribution in [0.5, 0.6) is 0 Å². The molecule has 0 aliphatic carbocycles. The highest BCUT2D eigenvalue weighted by atomic mass is 16.5. The Labute approximate surface area is 99.3 Å². The first-order chi connectivity index (χ1) is 8.06. The second kappa shape index (κ2) is 5.86. The van der Waals surface area contributed by atoms with Crippen LogP contribution in [0.25, 0.3) is 0 Å². The Morgan fingerprint density at radius 3 is 2.41 bits per heavy atom.